The van der Waals surface area contributed by atoms with Crippen molar-refractivity contribution in [2.45, 2.75) is 71.3 Å². The summed E-state index contributed by atoms with van der Waals surface area (Å²) in [5, 5.41) is 0.569. The molecule has 194 valence electrons. The van der Waals surface area contributed by atoms with E-state index in [0.29, 0.717) is 27.8 Å². The number of hydrogen-bond donors (Lipinski definition) is 1. The van der Waals surface area contributed by atoms with Crippen molar-refractivity contribution in [3.8, 4) is 0 Å². The minimum Gasteiger partial charge on any atom is -0.367 e. The largest absolute Gasteiger partial charge is 0.367 e. The van der Waals surface area contributed by atoms with Crippen LogP contribution in [0.2, 0.25) is 5.02 Å². The molecule has 0 bridgehead atoms. The van der Waals surface area contributed by atoms with Gasteiger partial charge in [0.25, 0.3) is 5.91 Å². The number of rotatable bonds is 7. The van der Waals surface area contributed by atoms with Crippen LogP contribution < -0.4 is 10.6 Å². The number of aryl methyl sites for hydroxylation is 2. The number of anilines is 1. The van der Waals surface area contributed by atoms with Crippen LogP contribution in [-0.4, -0.2) is 11.8 Å². The highest BCUT2D eigenvalue weighted by Gasteiger charge is 2.53. The number of amides is 2. The average molecular weight is 517 g/mol. The van der Waals surface area contributed by atoms with E-state index in [-0.39, 0.29) is 11.8 Å². The van der Waals surface area contributed by atoms with Gasteiger partial charge in [-0.25, -0.2) is 0 Å². The second kappa shape index (κ2) is 11.1. The first-order valence-electron chi connectivity index (χ1n) is 13.2. The average Bonchev–Trinajstić information content (AvgIpc) is 2.89. The number of primary amides is 1. The first-order chi connectivity index (χ1) is 17.7. The second-order valence-electron chi connectivity index (χ2n) is 10.7. The maximum absolute atomic E-state index is 14.7. The summed E-state index contributed by atoms with van der Waals surface area (Å²) in [5.41, 5.74) is 9.98. The highest BCUT2D eigenvalue weighted by atomic mass is 35.5. The van der Waals surface area contributed by atoms with Crippen LogP contribution in [0, 0.1) is 19.8 Å². The fraction of sp³-hybridized carbons (Fsp3) is 0.375. The van der Waals surface area contributed by atoms with Crippen molar-refractivity contribution in [3.05, 3.63) is 99.6 Å². The standard InChI is InChI=1S/C32H37ClN2O2/c1-21(2)24-12-18-28(19-13-24)35(30(36)29-20-22(3)10-11-23(29)4)32(31(34)37,25-8-6-5-7-9-25)26-14-16-27(33)17-15-26/h10-21,25H,5-9H2,1-4H3,(H2,34,37). The van der Waals surface area contributed by atoms with Crippen LogP contribution in [0.15, 0.2) is 66.7 Å². The predicted octanol–water partition coefficient (Wildman–Crippen LogP) is 7.69. The molecule has 5 heteroatoms. The minimum atomic E-state index is -1.36. The van der Waals surface area contributed by atoms with Crippen LogP contribution in [0.3, 0.4) is 0 Å². The first-order valence-corrected chi connectivity index (χ1v) is 13.6. The van der Waals surface area contributed by atoms with Gasteiger partial charge in [-0.2, -0.15) is 0 Å². The Kier molecular flexibility index (Phi) is 8.08. The molecule has 0 aromatic heterocycles. The van der Waals surface area contributed by atoms with Crippen LogP contribution >= 0.6 is 11.6 Å². The van der Waals surface area contributed by atoms with E-state index in [1.54, 1.807) is 17.0 Å². The zero-order valence-corrected chi connectivity index (χ0v) is 23.0. The molecule has 3 aromatic carbocycles. The zero-order chi connectivity index (χ0) is 26.7. The number of carbonyl (C=O) groups is 2. The zero-order valence-electron chi connectivity index (χ0n) is 22.3. The second-order valence-corrected chi connectivity index (χ2v) is 11.1. The molecule has 4 rings (SSSR count). The summed E-state index contributed by atoms with van der Waals surface area (Å²) in [7, 11) is 0. The van der Waals surface area contributed by atoms with Crippen molar-refractivity contribution in [2.24, 2.45) is 11.7 Å². The van der Waals surface area contributed by atoms with Crippen molar-refractivity contribution < 1.29 is 9.59 Å². The van der Waals surface area contributed by atoms with Crippen molar-refractivity contribution in [3.63, 3.8) is 0 Å². The van der Waals surface area contributed by atoms with E-state index in [1.807, 2.05) is 68.4 Å². The van der Waals surface area contributed by atoms with Gasteiger partial charge in [-0.15, -0.1) is 0 Å². The molecule has 1 saturated carbocycles. The van der Waals surface area contributed by atoms with Gasteiger partial charge < -0.3 is 5.73 Å². The van der Waals surface area contributed by atoms with E-state index in [0.717, 1.165) is 48.8 Å². The maximum atomic E-state index is 14.7. The third-order valence-electron chi connectivity index (χ3n) is 7.85. The van der Waals surface area contributed by atoms with Gasteiger partial charge in [0.2, 0.25) is 5.91 Å². The van der Waals surface area contributed by atoms with Gasteiger partial charge in [0.1, 0.15) is 0 Å². The summed E-state index contributed by atoms with van der Waals surface area (Å²) in [6.45, 7) is 8.18. The monoisotopic (exact) mass is 516 g/mol. The molecule has 0 spiro atoms. The van der Waals surface area contributed by atoms with Gasteiger partial charge in [0.05, 0.1) is 0 Å². The summed E-state index contributed by atoms with van der Waals surface area (Å²) in [4.78, 5) is 30.2. The Morgan fingerprint density at radius 3 is 2.11 bits per heavy atom. The lowest BCUT2D eigenvalue weighted by Crippen LogP contribution is -2.62. The molecule has 2 amide bonds. The molecule has 0 heterocycles. The highest BCUT2D eigenvalue weighted by Crippen LogP contribution is 2.47. The molecule has 1 atom stereocenters. The third-order valence-corrected chi connectivity index (χ3v) is 8.11. The molecule has 1 aliphatic carbocycles. The highest BCUT2D eigenvalue weighted by molar-refractivity contribution is 6.30. The summed E-state index contributed by atoms with van der Waals surface area (Å²) in [5.74, 6) is -0.530. The molecule has 1 unspecified atom stereocenters. The van der Waals surface area contributed by atoms with E-state index >= 15 is 0 Å². The SMILES string of the molecule is Cc1ccc(C)c(C(=O)N(c2ccc(C(C)C)cc2)C(C(N)=O)(c2ccc(Cl)cc2)C2CCCCC2)c1. The fourth-order valence-corrected chi connectivity index (χ4v) is 5.93. The van der Waals surface area contributed by atoms with Crippen LogP contribution in [0.1, 0.15) is 84.5 Å². The van der Waals surface area contributed by atoms with E-state index in [9.17, 15) is 9.59 Å². The Bertz CT molecular complexity index is 1260. The first kappa shape index (κ1) is 26.9. The summed E-state index contributed by atoms with van der Waals surface area (Å²) >= 11 is 6.27. The molecular formula is C32H37ClN2O2. The molecule has 37 heavy (non-hydrogen) atoms. The molecule has 1 fully saturated rings. The number of halogens is 1. The lowest BCUT2D eigenvalue weighted by atomic mass is 9.68. The molecular weight excluding hydrogens is 480 g/mol. The summed E-state index contributed by atoms with van der Waals surface area (Å²) in [6, 6.07) is 21.1. The number of nitrogens with zero attached hydrogens (tertiary/aromatic N) is 1. The maximum Gasteiger partial charge on any atom is 0.259 e. The number of hydrogen-bond acceptors (Lipinski definition) is 2. The van der Waals surface area contributed by atoms with Crippen molar-refractivity contribution in [1.82, 2.24) is 0 Å². The number of carbonyl (C=O) groups excluding carboxylic acids is 2. The minimum absolute atomic E-state index is 0.126. The third kappa shape index (κ3) is 5.17. The van der Waals surface area contributed by atoms with Crippen molar-refractivity contribution >= 4 is 29.1 Å². The quantitative estimate of drug-likeness (QED) is 0.350. The van der Waals surface area contributed by atoms with Crippen LogP contribution in [0.25, 0.3) is 0 Å². The number of benzene rings is 3. The summed E-state index contributed by atoms with van der Waals surface area (Å²) < 4.78 is 0. The lowest BCUT2D eigenvalue weighted by Gasteiger charge is -2.48. The Morgan fingerprint density at radius 2 is 1.54 bits per heavy atom. The van der Waals surface area contributed by atoms with Crippen molar-refractivity contribution in [2.75, 3.05) is 4.90 Å². The smallest absolute Gasteiger partial charge is 0.259 e. The van der Waals surface area contributed by atoms with E-state index in [2.05, 4.69) is 13.8 Å². The molecule has 2 N–H and O–H groups in total. The lowest BCUT2D eigenvalue weighted by molar-refractivity contribution is -0.126. The van der Waals surface area contributed by atoms with Crippen molar-refractivity contribution in [1.29, 1.82) is 0 Å². The molecule has 0 radical (unpaired) electrons. The predicted molar refractivity (Wildman–Crippen MR) is 152 cm³/mol. The fourth-order valence-electron chi connectivity index (χ4n) is 5.80. The Balaban J connectivity index is 2.04. The van der Waals surface area contributed by atoms with E-state index in [4.69, 9.17) is 17.3 Å². The Labute approximate surface area is 225 Å². The number of nitrogens with two attached hydrogens (primary N) is 1. The van der Waals surface area contributed by atoms with Crippen LogP contribution in [-0.2, 0) is 10.3 Å². The van der Waals surface area contributed by atoms with E-state index < -0.39 is 11.4 Å². The van der Waals surface area contributed by atoms with E-state index in [1.165, 1.54) is 0 Å². The van der Waals surface area contributed by atoms with Crippen LogP contribution in [0.5, 0.6) is 0 Å². The van der Waals surface area contributed by atoms with Crippen LogP contribution in [0.4, 0.5) is 5.69 Å². The van der Waals surface area contributed by atoms with Gasteiger partial charge in [-0.1, -0.05) is 86.7 Å². The van der Waals surface area contributed by atoms with Gasteiger partial charge >= 0.3 is 0 Å². The summed E-state index contributed by atoms with van der Waals surface area (Å²) in [6.07, 6.45) is 4.72. The van der Waals surface area contributed by atoms with Gasteiger partial charge in [-0.05, 0) is 85.5 Å². The van der Waals surface area contributed by atoms with Gasteiger partial charge in [0, 0.05) is 16.3 Å². The molecule has 4 nitrogen and oxygen atoms in total. The molecule has 1 aliphatic rings. The molecule has 3 aromatic rings. The normalized spacial score (nSPS) is 15.8. The molecule has 0 saturated heterocycles. The Morgan fingerprint density at radius 1 is 0.919 bits per heavy atom. The molecule has 0 aliphatic heterocycles. The Hall–Kier alpha value is -3.11. The van der Waals surface area contributed by atoms with Gasteiger partial charge in [0.15, 0.2) is 5.54 Å². The topological polar surface area (TPSA) is 63.4 Å². The van der Waals surface area contributed by atoms with Gasteiger partial charge in [-0.3, -0.25) is 14.5 Å².